The van der Waals surface area contributed by atoms with Gasteiger partial charge >= 0.3 is 0 Å². The molecule has 5 rings (SSSR count). The zero-order valence-corrected chi connectivity index (χ0v) is 20.2. The largest absolute Gasteiger partial charge is 0.345 e. The molecule has 2 fully saturated rings. The number of thiazole rings is 1. The minimum Gasteiger partial charge on any atom is -0.345 e. The Morgan fingerprint density at radius 2 is 1.67 bits per heavy atom. The molecule has 0 bridgehead atoms. The van der Waals surface area contributed by atoms with Crippen LogP contribution in [0.4, 0.5) is 10.8 Å². The third kappa shape index (κ3) is 4.61. The molecule has 2 saturated heterocycles. The summed E-state index contributed by atoms with van der Waals surface area (Å²) in [6.07, 6.45) is 1.78. The van der Waals surface area contributed by atoms with Crippen molar-refractivity contribution in [1.82, 2.24) is 14.2 Å². The van der Waals surface area contributed by atoms with E-state index in [0.717, 1.165) is 54.4 Å². The van der Waals surface area contributed by atoms with Gasteiger partial charge in [0.25, 0.3) is 5.91 Å². The van der Waals surface area contributed by atoms with Crippen LogP contribution in [0.2, 0.25) is 0 Å². The van der Waals surface area contributed by atoms with Gasteiger partial charge in [0, 0.05) is 50.5 Å². The van der Waals surface area contributed by atoms with Crippen molar-refractivity contribution in [2.45, 2.75) is 17.7 Å². The van der Waals surface area contributed by atoms with E-state index in [9.17, 15) is 13.2 Å². The highest BCUT2D eigenvalue weighted by Crippen LogP contribution is 2.31. The summed E-state index contributed by atoms with van der Waals surface area (Å²) < 4.78 is 27.9. The molecule has 3 heterocycles. The van der Waals surface area contributed by atoms with Gasteiger partial charge < -0.3 is 15.1 Å². The van der Waals surface area contributed by atoms with Crippen LogP contribution in [0.5, 0.6) is 0 Å². The highest BCUT2D eigenvalue weighted by Gasteiger charge is 2.27. The summed E-state index contributed by atoms with van der Waals surface area (Å²) in [5, 5.41) is 3.93. The number of carbonyl (C=O) groups is 1. The molecule has 0 spiro atoms. The first-order valence-corrected chi connectivity index (χ1v) is 13.4. The van der Waals surface area contributed by atoms with Crippen LogP contribution in [0, 0.1) is 0 Å². The van der Waals surface area contributed by atoms with E-state index in [0.29, 0.717) is 24.3 Å². The minimum absolute atomic E-state index is 0.225. The first-order valence-electron chi connectivity index (χ1n) is 11.2. The second-order valence-corrected chi connectivity index (χ2v) is 11.5. The molecule has 174 valence electrons. The SMILES string of the molecule is CN1CCN(c2nc3ccc(NC(=O)c4ccc(S(=O)(=O)N5CCCC5)cc4)cc3s2)CC1. The average molecular weight is 486 g/mol. The third-order valence-corrected chi connectivity index (χ3v) is 9.22. The molecule has 1 amide bonds. The minimum atomic E-state index is -3.49. The number of nitrogens with zero attached hydrogens (tertiary/aromatic N) is 4. The van der Waals surface area contributed by atoms with Crippen LogP contribution in [0.25, 0.3) is 10.2 Å². The number of piperazine rings is 1. The van der Waals surface area contributed by atoms with Crippen LogP contribution in [0.3, 0.4) is 0 Å². The zero-order chi connectivity index (χ0) is 23.0. The van der Waals surface area contributed by atoms with Crippen molar-refractivity contribution in [2.75, 3.05) is 56.5 Å². The standard InChI is InChI=1S/C23H27N5O3S2/c1-26-12-14-27(15-13-26)23-25-20-9-6-18(16-21(20)32-23)24-22(29)17-4-7-19(8-5-17)33(30,31)28-10-2-3-11-28/h4-9,16H,2-3,10-15H2,1H3,(H,24,29). The maximum Gasteiger partial charge on any atom is 0.255 e. The molecule has 0 atom stereocenters. The lowest BCUT2D eigenvalue weighted by atomic mass is 10.2. The monoisotopic (exact) mass is 485 g/mol. The van der Waals surface area contributed by atoms with Gasteiger partial charge in [-0.15, -0.1) is 0 Å². The molecule has 0 aliphatic carbocycles. The van der Waals surface area contributed by atoms with Gasteiger partial charge in [0.15, 0.2) is 5.13 Å². The van der Waals surface area contributed by atoms with Gasteiger partial charge in [0.2, 0.25) is 10.0 Å². The van der Waals surface area contributed by atoms with Gasteiger partial charge in [-0.3, -0.25) is 4.79 Å². The fraction of sp³-hybridized carbons (Fsp3) is 0.391. The van der Waals surface area contributed by atoms with Gasteiger partial charge in [-0.2, -0.15) is 4.31 Å². The summed E-state index contributed by atoms with van der Waals surface area (Å²) in [5.41, 5.74) is 2.02. The fourth-order valence-electron chi connectivity index (χ4n) is 4.18. The molecule has 2 aromatic carbocycles. The van der Waals surface area contributed by atoms with Crippen LogP contribution in [0.15, 0.2) is 47.4 Å². The number of hydrogen-bond donors (Lipinski definition) is 1. The molecule has 33 heavy (non-hydrogen) atoms. The quantitative estimate of drug-likeness (QED) is 0.598. The topological polar surface area (TPSA) is 85.8 Å². The number of carbonyl (C=O) groups excluding carboxylic acids is 1. The molecular formula is C23H27N5O3S2. The van der Waals surface area contributed by atoms with E-state index in [2.05, 4.69) is 22.2 Å². The number of nitrogens with one attached hydrogen (secondary N) is 1. The Bertz CT molecular complexity index is 1260. The van der Waals surface area contributed by atoms with Crippen molar-refractivity contribution in [1.29, 1.82) is 0 Å². The van der Waals surface area contributed by atoms with Gasteiger partial charge in [-0.05, 0) is 62.4 Å². The third-order valence-electron chi connectivity index (χ3n) is 6.23. The maximum atomic E-state index is 12.8. The Hall–Kier alpha value is -2.53. The molecule has 1 aromatic heterocycles. The smallest absolute Gasteiger partial charge is 0.255 e. The average Bonchev–Trinajstić information content (AvgIpc) is 3.50. The zero-order valence-electron chi connectivity index (χ0n) is 18.5. The van der Waals surface area contributed by atoms with Crippen molar-refractivity contribution >= 4 is 48.3 Å². The number of benzene rings is 2. The van der Waals surface area contributed by atoms with Crippen molar-refractivity contribution in [3.8, 4) is 0 Å². The fourth-order valence-corrected chi connectivity index (χ4v) is 6.76. The first-order chi connectivity index (χ1) is 15.9. The number of fused-ring (bicyclic) bond motifs is 1. The summed E-state index contributed by atoms with van der Waals surface area (Å²) in [5.74, 6) is -0.275. The van der Waals surface area contributed by atoms with Crippen LogP contribution in [0.1, 0.15) is 23.2 Å². The first kappa shape index (κ1) is 22.3. The Morgan fingerprint density at radius 3 is 2.36 bits per heavy atom. The Morgan fingerprint density at radius 1 is 0.970 bits per heavy atom. The van der Waals surface area contributed by atoms with Crippen LogP contribution >= 0.6 is 11.3 Å². The lowest BCUT2D eigenvalue weighted by molar-refractivity contribution is 0.102. The summed E-state index contributed by atoms with van der Waals surface area (Å²) in [6, 6.07) is 11.9. The Labute approximate surface area is 197 Å². The van der Waals surface area contributed by atoms with E-state index < -0.39 is 10.0 Å². The van der Waals surface area contributed by atoms with Crippen molar-refractivity contribution in [3.63, 3.8) is 0 Å². The molecule has 0 saturated carbocycles. The van der Waals surface area contributed by atoms with Gasteiger partial charge in [0.05, 0.1) is 15.1 Å². The predicted molar refractivity (Wildman–Crippen MR) is 132 cm³/mol. The van der Waals surface area contributed by atoms with Crippen LogP contribution in [-0.4, -0.2) is 74.8 Å². The van der Waals surface area contributed by atoms with Gasteiger partial charge in [-0.1, -0.05) is 11.3 Å². The van der Waals surface area contributed by atoms with Gasteiger partial charge in [-0.25, -0.2) is 13.4 Å². The lowest BCUT2D eigenvalue weighted by Crippen LogP contribution is -2.44. The van der Waals surface area contributed by atoms with Crippen LogP contribution in [-0.2, 0) is 10.0 Å². The number of likely N-dealkylation sites (N-methyl/N-ethyl adjacent to an activating group) is 1. The number of anilines is 2. The number of sulfonamides is 1. The maximum absolute atomic E-state index is 12.8. The summed E-state index contributed by atoms with van der Waals surface area (Å²) in [4.78, 5) is 22.4. The number of aromatic nitrogens is 1. The highest BCUT2D eigenvalue weighted by atomic mass is 32.2. The number of amides is 1. The van der Waals surface area contributed by atoms with E-state index in [1.54, 1.807) is 23.5 Å². The van der Waals surface area contributed by atoms with Gasteiger partial charge in [0.1, 0.15) is 0 Å². The molecule has 10 heteroatoms. The predicted octanol–water partition coefficient (Wildman–Crippen LogP) is 3.08. The van der Waals surface area contributed by atoms with E-state index in [-0.39, 0.29) is 10.8 Å². The molecule has 2 aliphatic heterocycles. The normalized spacial score (nSPS) is 18.2. The molecule has 0 unspecified atom stereocenters. The van der Waals surface area contributed by atoms with E-state index >= 15 is 0 Å². The summed E-state index contributed by atoms with van der Waals surface area (Å²) in [6.45, 7) is 5.08. The molecule has 0 radical (unpaired) electrons. The molecule has 8 nitrogen and oxygen atoms in total. The second-order valence-electron chi connectivity index (χ2n) is 8.56. The Kier molecular flexibility index (Phi) is 6.09. The van der Waals surface area contributed by atoms with Crippen LogP contribution < -0.4 is 10.2 Å². The number of hydrogen-bond acceptors (Lipinski definition) is 7. The Balaban J connectivity index is 1.28. The van der Waals surface area contributed by atoms with Crippen molar-refractivity contribution in [2.24, 2.45) is 0 Å². The van der Waals surface area contributed by atoms with E-state index in [1.807, 2.05) is 18.2 Å². The molecule has 3 aromatic rings. The summed E-state index contributed by atoms with van der Waals surface area (Å²) >= 11 is 1.63. The summed E-state index contributed by atoms with van der Waals surface area (Å²) in [7, 11) is -1.36. The van der Waals surface area contributed by atoms with E-state index in [4.69, 9.17) is 4.98 Å². The van der Waals surface area contributed by atoms with E-state index in [1.165, 1.54) is 16.4 Å². The second kappa shape index (κ2) is 9.02. The molecule has 2 aliphatic rings. The highest BCUT2D eigenvalue weighted by molar-refractivity contribution is 7.89. The number of rotatable bonds is 5. The lowest BCUT2D eigenvalue weighted by Gasteiger charge is -2.31. The molecule has 1 N–H and O–H groups in total. The molecular weight excluding hydrogens is 458 g/mol. The van der Waals surface area contributed by atoms with Crippen molar-refractivity contribution in [3.05, 3.63) is 48.0 Å². The van der Waals surface area contributed by atoms with Crippen molar-refractivity contribution < 1.29 is 13.2 Å².